The average molecular weight is 419 g/mol. The van der Waals surface area contributed by atoms with E-state index in [0.29, 0.717) is 12.8 Å². The minimum absolute atomic E-state index is 0.110. The number of hydrogen-bond donors (Lipinski definition) is 7. The first-order valence-electron chi connectivity index (χ1n) is 10.3. The molecule has 1 saturated carbocycles. The number of aliphatic hydroxyl groups excluding tert-OH is 4. The van der Waals surface area contributed by atoms with Gasteiger partial charge in [-0.3, -0.25) is 4.79 Å². The molecule has 2 rings (SSSR count). The minimum Gasteiger partial charge on any atom is -0.396 e. The smallest absolute Gasteiger partial charge is 0.239 e. The molecule has 1 saturated heterocycles. The van der Waals surface area contributed by atoms with Crippen molar-refractivity contribution in [2.24, 2.45) is 23.0 Å². The molecule has 1 aliphatic heterocycles. The van der Waals surface area contributed by atoms with Crippen LogP contribution in [0.25, 0.3) is 0 Å². The SMILES string of the molecule is CC(C)(CCCC1OC2(O)C(CO)C(O)C(O)C12)CC(C)(C)NC(=O)C(N)CO. The van der Waals surface area contributed by atoms with Crippen molar-refractivity contribution >= 4 is 5.91 Å². The summed E-state index contributed by atoms with van der Waals surface area (Å²) in [6, 6.07) is -0.942. The van der Waals surface area contributed by atoms with Gasteiger partial charge in [0.05, 0.1) is 43.4 Å². The Morgan fingerprint density at radius 3 is 2.38 bits per heavy atom. The zero-order chi connectivity index (χ0) is 22.2. The summed E-state index contributed by atoms with van der Waals surface area (Å²) in [4.78, 5) is 12.0. The van der Waals surface area contributed by atoms with Crippen LogP contribution in [0, 0.1) is 17.3 Å². The molecule has 7 atom stereocenters. The number of carbonyl (C=O) groups excluding carboxylic acids is 1. The summed E-state index contributed by atoms with van der Waals surface area (Å²) in [6.07, 6.45) is 0.215. The van der Waals surface area contributed by atoms with Gasteiger partial charge in [-0.2, -0.15) is 0 Å². The van der Waals surface area contributed by atoms with E-state index in [2.05, 4.69) is 19.2 Å². The number of amides is 1. The van der Waals surface area contributed by atoms with Gasteiger partial charge >= 0.3 is 0 Å². The minimum atomic E-state index is -1.66. The van der Waals surface area contributed by atoms with E-state index in [9.17, 15) is 25.2 Å². The highest BCUT2D eigenvalue weighted by Crippen LogP contribution is 2.54. The molecule has 0 spiro atoms. The van der Waals surface area contributed by atoms with Gasteiger partial charge in [0.1, 0.15) is 6.04 Å². The van der Waals surface area contributed by atoms with Crippen molar-refractivity contribution < 1.29 is 35.1 Å². The number of nitrogens with two attached hydrogens (primary N) is 1. The molecule has 0 aromatic heterocycles. The maximum Gasteiger partial charge on any atom is 0.239 e. The Kier molecular flexibility index (Phi) is 7.37. The van der Waals surface area contributed by atoms with Gasteiger partial charge in [-0.15, -0.1) is 0 Å². The molecule has 0 bridgehead atoms. The van der Waals surface area contributed by atoms with Gasteiger partial charge in [-0.05, 0) is 38.5 Å². The van der Waals surface area contributed by atoms with Crippen LogP contribution < -0.4 is 11.1 Å². The van der Waals surface area contributed by atoms with E-state index in [1.54, 1.807) is 0 Å². The quantitative estimate of drug-likeness (QED) is 0.233. The van der Waals surface area contributed by atoms with Crippen LogP contribution in [0.1, 0.15) is 53.4 Å². The van der Waals surface area contributed by atoms with Crippen LogP contribution in [0.15, 0.2) is 0 Å². The second-order valence-corrected chi connectivity index (χ2v) is 10.1. The third-order valence-corrected chi connectivity index (χ3v) is 6.33. The van der Waals surface area contributed by atoms with Gasteiger partial charge in [-0.1, -0.05) is 20.3 Å². The van der Waals surface area contributed by atoms with Gasteiger partial charge in [0.15, 0.2) is 5.79 Å². The lowest BCUT2D eigenvalue weighted by molar-refractivity contribution is -0.381. The molecule has 1 aliphatic carbocycles. The van der Waals surface area contributed by atoms with E-state index < -0.39 is 54.6 Å². The number of carbonyl (C=O) groups is 1. The van der Waals surface area contributed by atoms with Gasteiger partial charge < -0.3 is 41.3 Å². The fourth-order valence-electron chi connectivity index (χ4n) is 5.18. The normalized spacial score (nSPS) is 35.7. The Morgan fingerprint density at radius 1 is 1.21 bits per heavy atom. The van der Waals surface area contributed by atoms with Crippen LogP contribution in [0.5, 0.6) is 0 Å². The predicted molar refractivity (Wildman–Crippen MR) is 105 cm³/mol. The first-order valence-corrected chi connectivity index (χ1v) is 10.3. The highest BCUT2D eigenvalue weighted by molar-refractivity contribution is 5.82. The third kappa shape index (κ3) is 5.10. The van der Waals surface area contributed by atoms with Crippen LogP contribution in [0.4, 0.5) is 0 Å². The molecule has 170 valence electrons. The summed E-state index contributed by atoms with van der Waals surface area (Å²) in [5.74, 6) is -3.55. The maximum atomic E-state index is 12.0. The van der Waals surface area contributed by atoms with E-state index in [1.807, 2.05) is 13.8 Å². The second kappa shape index (κ2) is 8.74. The van der Waals surface area contributed by atoms with Crippen LogP contribution in [0.2, 0.25) is 0 Å². The summed E-state index contributed by atoms with van der Waals surface area (Å²) in [5, 5.41) is 52.0. The van der Waals surface area contributed by atoms with Gasteiger partial charge in [-0.25, -0.2) is 0 Å². The van der Waals surface area contributed by atoms with E-state index >= 15 is 0 Å². The topological polar surface area (TPSA) is 166 Å². The molecule has 0 radical (unpaired) electrons. The molecule has 1 heterocycles. The first kappa shape index (κ1) is 24.5. The van der Waals surface area contributed by atoms with Crippen LogP contribution in [-0.4, -0.2) is 80.3 Å². The van der Waals surface area contributed by atoms with Crippen molar-refractivity contribution in [1.29, 1.82) is 0 Å². The third-order valence-electron chi connectivity index (χ3n) is 6.33. The monoisotopic (exact) mass is 418 g/mol. The fourth-order valence-corrected chi connectivity index (χ4v) is 5.18. The van der Waals surface area contributed by atoms with Crippen molar-refractivity contribution in [3.05, 3.63) is 0 Å². The molecule has 0 aromatic rings. The van der Waals surface area contributed by atoms with Gasteiger partial charge in [0.25, 0.3) is 0 Å². The maximum absolute atomic E-state index is 12.0. The zero-order valence-electron chi connectivity index (χ0n) is 17.8. The zero-order valence-corrected chi connectivity index (χ0v) is 17.8. The Bertz CT molecular complexity index is 585. The van der Waals surface area contributed by atoms with Crippen molar-refractivity contribution in [3.8, 4) is 0 Å². The summed E-state index contributed by atoms with van der Waals surface area (Å²) < 4.78 is 5.58. The van der Waals surface area contributed by atoms with E-state index in [0.717, 1.165) is 12.8 Å². The van der Waals surface area contributed by atoms with E-state index in [-0.39, 0.29) is 17.4 Å². The lowest BCUT2D eigenvalue weighted by Crippen LogP contribution is -2.62. The Labute approximate surface area is 172 Å². The molecule has 1 amide bonds. The average Bonchev–Trinajstić information content (AvgIpc) is 2.72. The first-order chi connectivity index (χ1) is 13.3. The van der Waals surface area contributed by atoms with Crippen molar-refractivity contribution in [3.63, 3.8) is 0 Å². The number of fused-ring (bicyclic) bond motifs is 1. The van der Waals surface area contributed by atoms with E-state index in [4.69, 9.17) is 15.6 Å². The van der Waals surface area contributed by atoms with Crippen molar-refractivity contribution in [2.75, 3.05) is 13.2 Å². The predicted octanol–water partition coefficient (Wildman–Crippen LogP) is -1.17. The summed E-state index contributed by atoms with van der Waals surface area (Å²) in [7, 11) is 0. The Morgan fingerprint density at radius 2 is 1.83 bits per heavy atom. The largest absolute Gasteiger partial charge is 0.396 e. The summed E-state index contributed by atoms with van der Waals surface area (Å²) in [5.41, 5.74) is 4.96. The van der Waals surface area contributed by atoms with Crippen molar-refractivity contribution in [2.45, 2.75) is 89.1 Å². The molecule has 2 fully saturated rings. The number of hydrogen-bond acceptors (Lipinski definition) is 8. The summed E-state index contributed by atoms with van der Waals surface area (Å²) in [6.45, 7) is 7.17. The highest BCUT2D eigenvalue weighted by atomic mass is 16.7. The molecule has 2 aliphatic rings. The molecule has 8 N–H and O–H groups in total. The number of ether oxygens (including phenoxy) is 1. The number of rotatable bonds is 10. The standard InChI is InChI=1S/C20H38N2O7/c1-18(2,10-19(3,4)22-17(27)12(21)9-24)7-5-6-13-14-16(26)15(25)11(8-23)20(14,28)29-13/h11-16,23-26,28H,5-10,21H2,1-4H3,(H,22,27). The molecular weight excluding hydrogens is 380 g/mol. The van der Waals surface area contributed by atoms with Crippen LogP contribution >= 0.6 is 0 Å². The number of aliphatic hydroxyl groups is 5. The van der Waals surface area contributed by atoms with Gasteiger partial charge in [0, 0.05) is 5.54 Å². The molecular formula is C20H38N2O7. The van der Waals surface area contributed by atoms with E-state index in [1.165, 1.54) is 0 Å². The van der Waals surface area contributed by atoms with Crippen molar-refractivity contribution in [1.82, 2.24) is 5.32 Å². The lowest BCUT2D eigenvalue weighted by atomic mass is 9.75. The molecule has 9 nitrogen and oxygen atoms in total. The molecule has 9 heteroatoms. The number of nitrogens with one attached hydrogen (secondary N) is 1. The van der Waals surface area contributed by atoms with Gasteiger partial charge in [0.2, 0.25) is 5.91 Å². The second-order valence-electron chi connectivity index (χ2n) is 10.1. The van der Waals surface area contributed by atoms with Crippen LogP contribution in [-0.2, 0) is 9.53 Å². The lowest BCUT2D eigenvalue weighted by Gasteiger charge is -2.50. The summed E-state index contributed by atoms with van der Waals surface area (Å²) >= 11 is 0. The molecule has 7 unspecified atom stereocenters. The molecule has 0 aromatic carbocycles. The highest BCUT2D eigenvalue weighted by Gasteiger charge is 2.69. The molecule has 29 heavy (non-hydrogen) atoms. The van der Waals surface area contributed by atoms with Crippen LogP contribution in [0.3, 0.4) is 0 Å². The Hall–Kier alpha value is -0.810. The Balaban J connectivity index is 1.83. The fraction of sp³-hybridized carbons (Fsp3) is 0.950.